The topological polar surface area (TPSA) is 54.5 Å². The number of rotatable bonds is 6. The number of para-hydroxylation sites is 3. The molecule has 1 amide bonds. The number of thiazole rings is 1. The van der Waals surface area contributed by atoms with Crippen LogP contribution in [0.15, 0.2) is 48.5 Å². The van der Waals surface area contributed by atoms with Crippen LogP contribution in [0.4, 0.5) is 11.4 Å². The second kappa shape index (κ2) is 8.73. The first-order chi connectivity index (χ1) is 13.3. The molecule has 1 N–H and O–H groups in total. The van der Waals surface area contributed by atoms with Crippen LogP contribution in [-0.4, -0.2) is 42.9 Å². The summed E-state index contributed by atoms with van der Waals surface area (Å²) in [7, 11) is 0. The fourth-order valence-corrected chi connectivity index (χ4v) is 4.91. The lowest BCUT2D eigenvalue weighted by molar-refractivity contribution is -0.113. The van der Waals surface area contributed by atoms with Gasteiger partial charge in [0.1, 0.15) is 5.01 Å². The normalized spacial score (nSPS) is 14.4. The van der Waals surface area contributed by atoms with Crippen LogP contribution in [0.25, 0.3) is 10.2 Å². The van der Waals surface area contributed by atoms with E-state index in [-0.39, 0.29) is 5.91 Å². The van der Waals surface area contributed by atoms with Crippen molar-refractivity contribution in [2.24, 2.45) is 0 Å². The number of nitrogens with one attached hydrogen (secondary N) is 1. The minimum atomic E-state index is 0.0156. The van der Waals surface area contributed by atoms with E-state index in [0.29, 0.717) is 5.75 Å². The molecule has 0 unspecified atom stereocenters. The highest BCUT2D eigenvalue weighted by molar-refractivity contribution is 7.99. The second-order valence-corrected chi connectivity index (χ2v) is 8.33. The lowest BCUT2D eigenvalue weighted by Crippen LogP contribution is -2.36. The molecule has 2 heterocycles. The summed E-state index contributed by atoms with van der Waals surface area (Å²) < 4.78 is 6.61. The Morgan fingerprint density at radius 2 is 1.93 bits per heavy atom. The van der Waals surface area contributed by atoms with Crippen molar-refractivity contribution in [2.45, 2.75) is 5.75 Å². The van der Waals surface area contributed by atoms with E-state index in [2.05, 4.69) is 27.3 Å². The number of morpholine rings is 1. The Bertz CT molecular complexity index is 889. The van der Waals surface area contributed by atoms with Gasteiger partial charge in [-0.2, -0.15) is 0 Å². The lowest BCUT2D eigenvalue weighted by atomic mass is 10.2. The second-order valence-electron chi connectivity index (χ2n) is 6.23. The zero-order chi connectivity index (χ0) is 18.5. The summed E-state index contributed by atoms with van der Waals surface area (Å²) in [4.78, 5) is 19.3. The van der Waals surface area contributed by atoms with Crippen LogP contribution in [0.5, 0.6) is 0 Å². The van der Waals surface area contributed by atoms with Crippen LogP contribution in [0, 0.1) is 0 Å². The number of amides is 1. The highest BCUT2D eigenvalue weighted by atomic mass is 32.2. The standard InChI is InChI=1S/C20H21N3O2S2/c24-19(13-26-14-20-22-16-6-2-4-8-18(16)27-20)21-15-5-1-3-7-17(15)23-9-11-25-12-10-23/h1-8H,9-14H2,(H,21,24). The van der Waals surface area contributed by atoms with Gasteiger partial charge in [0.05, 0.1) is 40.6 Å². The minimum Gasteiger partial charge on any atom is -0.378 e. The first kappa shape index (κ1) is 18.3. The summed E-state index contributed by atoms with van der Waals surface area (Å²) in [6.07, 6.45) is 0. The smallest absolute Gasteiger partial charge is 0.234 e. The fourth-order valence-electron chi connectivity index (χ4n) is 3.06. The fraction of sp³-hybridized carbons (Fsp3) is 0.300. The van der Waals surface area contributed by atoms with Gasteiger partial charge in [-0.25, -0.2) is 4.98 Å². The highest BCUT2D eigenvalue weighted by Gasteiger charge is 2.15. The number of ether oxygens (including phenoxy) is 1. The van der Waals surface area contributed by atoms with Crippen molar-refractivity contribution in [3.63, 3.8) is 0 Å². The van der Waals surface area contributed by atoms with E-state index in [0.717, 1.165) is 54.0 Å². The maximum absolute atomic E-state index is 12.4. The van der Waals surface area contributed by atoms with Crippen LogP contribution in [-0.2, 0) is 15.3 Å². The molecule has 1 aliphatic heterocycles. The molecule has 0 radical (unpaired) electrons. The van der Waals surface area contributed by atoms with Gasteiger partial charge in [-0.3, -0.25) is 4.79 Å². The number of thioether (sulfide) groups is 1. The first-order valence-corrected chi connectivity index (χ1v) is 10.9. The number of carbonyl (C=O) groups is 1. The Labute approximate surface area is 166 Å². The molecule has 1 saturated heterocycles. The monoisotopic (exact) mass is 399 g/mol. The average molecular weight is 400 g/mol. The number of hydrogen-bond donors (Lipinski definition) is 1. The maximum Gasteiger partial charge on any atom is 0.234 e. The molecule has 27 heavy (non-hydrogen) atoms. The van der Waals surface area contributed by atoms with Gasteiger partial charge in [0.25, 0.3) is 0 Å². The molecule has 0 spiro atoms. The molecule has 5 nitrogen and oxygen atoms in total. The van der Waals surface area contributed by atoms with E-state index in [9.17, 15) is 4.79 Å². The molecule has 140 valence electrons. The van der Waals surface area contributed by atoms with E-state index in [1.54, 1.807) is 23.1 Å². The molecule has 2 aromatic carbocycles. The van der Waals surface area contributed by atoms with Crippen LogP contribution in [0.1, 0.15) is 5.01 Å². The van der Waals surface area contributed by atoms with E-state index in [1.165, 1.54) is 4.70 Å². The maximum atomic E-state index is 12.4. The molecule has 0 atom stereocenters. The van der Waals surface area contributed by atoms with Gasteiger partial charge >= 0.3 is 0 Å². The Hall–Kier alpha value is -2.09. The Balaban J connectivity index is 1.33. The lowest BCUT2D eigenvalue weighted by Gasteiger charge is -2.30. The molecular weight excluding hydrogens is 378 g/mol. The third kappa shape index (κ3) is 4.61. The molecular formula is C20H21N3O2S2. The molecule has 3 aromatic rings. The molecule has 4 rings (SSSR count). The molecule has 0 saturated carbocycles. The van der Waals surface area contributed by atoms with Gasteiger partial charge in [-0.15, -0.1) is 23.1 Å². The highest BCUT2D eigenvalue weighted by Crippen LogP contribution is 2.27. The van der Waals surface area contributed by atoms with Crippen molar-refractivity contribution in [1.82, 2.24) is 4.98 Å². The van der Waals surface area contributed by atoms with E-state index < -0.39 is 0 Å². The Morgan fingerprint density at radius 3 is 2.78 bits per heavy atom. The van der Waals surface area contributed by atoms with Gasteiger partial charge in [0.15, 0.2) is 0 Å². The van der Waals surface area contributed by atoms with Gasteiger partial charge in [-0.05, 0) is 24.3 Å². The zero-order valence-electron chi connectivity index (χ0n) is 14.9. The van der Waals surface area contributed by atoms with Crippen LogP contribution < -0.4 is 10.2 Å². The third-order valence-corrected chi connectivity index (χ3v) is 6.49. The molecule has 1 fully saturated rings. The van der Waals surface area contributed by atoms with Gasteiger partial charge in [0.2, 0.25) is 5.91 Å². The number of nitrogens with zero attached hydrogens (tertiary/aromatic N) is 2. The minimum absolute atomic E-state index is 0.0156. The van der Waals surface area contributed by atoms with Gasteiger partial charge < -0.3 is 15.0 Å². The predicted molar refractivity (Wildman–Crippen MR) is 114 cm³/mol. The summed E-state index contributed by atoms with van der Waals surface area (Å²) in [5, 5.41) is 4.12. The Kier molecular flexibility index (Phi) is 5.91. The summed E-state index contributed by atoms with van der Waals surface area (Å²) in [6.45, 7) is 3.14. The number of anilines is 2. The van der Waals surface area contributed by atoms with Crippen molar-refractivity contribution in [3.05, 3.63) is 53.5 Å². The van der Waals surface area contributed by atoms with Crippen molar-refractivity contribution >= 4 is 50.6 Å². The number of benzene rings is 2. The van der Waals surface area contributed by atoms with E-state index in [4.69, 9.17) is 4.74 Å². The number of aromatic nitrogens is 1. The molecule has 0 aliphatic carbocycles. The molecule has 1 aromatic heterocycles. The summed E-state index contributed by atoms with van der Waals surface area (Å²) in [5.41, 5.74) is 2.96. The molecule has 7 heteroatoms. The van der Waals surface area contributed by atoms with Crippen LogP contribution >= 0.6 is 23.1 Å². The summed E-state index contributed by atoms with van der Waals surface area (Å²) in [5.74, 6) is 1.17. The third-order valence-electron chi connectivity index (χ3n) is 4.33. The zero-order valence-corrected chi connectivity index (χ0v) is 16.5. The molecule has 1 aliphatic rings. The quantitative estimate of drug-likeness (QED) is 0.679. The predicted octanol–water partition coefficient (Wildman–Crippen LogP) is 4.00. The average Bonchev–Trinajstić information content (AvgIpc) is 3.12. The molecule has 0 bridgehead atoms. The van der Waals surface area contributed by atoms with Crippen LogP contribution in [0.3, 0.4) is 0 Å². The largest absolute Gasteiger partial charge is 0.378 e. The number of hydrogen-bond acceptors (Lipinski definition) is 6. The van der Waals surface area contributed by atoms with Crippen LogP contribution in [0.2, 0.25) is 0 Å². The number of fused-ring (bicyclic) bond motifs is 1. The first-order valence-electron chi connectivity index (χ1n) is 8.93. The van der Waals surface area contributed by atoms with Crippen molar-refractivity contribution in [1.29, 1.82) is 0 Å². The van der Waals surface area contributed by atoms with Crippen molar-refractivity contribution in [3.8, 4) is 0 Å². The SMILES string of the molecule is O=C(CSCc1nc2ccccc2s1)Nc1ccccc1N1CCOCC1. The van der Waals surface area contributed by atoms with Crippen molar-refractivity contribution in [2.75, 3.05) is 42.3 Å². The summed E-state index contributed by atoms with van der Waals surface area (Å²) in [6, 6.07) is 16.1. The number of carbonyl (C=O) groups excluding carboxylic acids is 1. The Morgan fingerprint density at radius 1 is 1.15 bits per heavy atom. The van der Waals surface area contributed by atoms with Gasteiger partial charge in [-0.1, -0.05) is 24.3 Å². The van der Waals surface area contributed by atoms with E-state index >= 15 is 0 Å². The van der Waals surface area contributed by atoms with Gasteiger partial charge in [0, 0.05) is 18.8 Å². The van der Waals surface area contributed by atoms with E-state index in [1.807, 2.05) is 36.4 Å². The summed E-state index contributed by atoms with van der Waals surface area (Å²) >= 11 is 3.28. The van der Waals surface area contributed by atoms with Crippen molar-refractivity contribution < 1.29 is 9.53 Å².